The third-order valence-corrected chi connectivity index (χ3v) is 5.80. The minimum atomic E-state index is -0.244. The van der Waals surface area contributed by atoms with Crippen LogP contribution >= 0.6 is 0 Å². The largest absolute Gasteiger partial charge is 0.491 e. The van der Waals surface area contributed by atoms with Crippen molar-refractivity contribution in [2.45, 2.75) is 13.0 Å². The smallest absolute Gasteiger partial charge is 0.219 e. The molecule has 1 amide bonds. The summed E-state index contributed by atoms with van der Waals surface area (Å²) in [5.74, 6) is 1.72. The van der Waals surface area contributed by atoms with Crippen molar-refractivity contribution in [2.75, 3.05) is 57.6 Å². The van der Waals surface area contributed by atoms with Crippen LogP contribution in [-0.2, 0) is 9.53 Å². The second-order valence-electron chi connectivity index (χ2n) is 8.24. The lowest BCUT2D eigenvalue weighted by molar-refractivity contribution is -0.129. The van der Waals surface area contributed by atoms with E-state index in [1.54, 1.807) is 13.1 Å². The number of aliphatic imine (C=N–C) groups is 1. The molecule has 1 unspecified atom stereocenters. The molecule has 2 heterocycles. The molecule has 34 heavy (non-hydrogen) atoms. The number of para-hydroxylation sites is 1. The molecule has 2 aliphatic heterocycles. The Morgan fingerprint density at radius 2 is 1.62 bits per heavy atom. The molecule has 0 spiro atoms. The van der Waals surface area contributed by atoms with Gasteiger partial charge >= 0.3 is 0 Å². The molecule has 1 atom stereocenters. The van der Waals surface area contributed by atoms with Crippen molar-refractivity contribution in [1.29, 1.82) is 0 Å². The Morgan fingerprint density at radius 1 is 0.941 bits per heavy atom. The summed E-state index contributed by atoms with van der Waals surface area (Å²) in [5, 5.41) is 0. The summed E-state index contributed by atoms with van der Waals surface area (Å²) in [6, 6.07) is 17.8. The van der Waals surface area contributed by atoms with Gasteiger partial charge in [0, 0.05) is 57.4 Å². The van der Waals surface area contributed by atoms with Crippen LogP contribution < -0.4 is 14.4 Å². The van der Waals surface area contributed by atoms with E-state index >= 15 is 0 Å². The van der Waals surface area contributed by atoms with Crippen LogP contribution in [0.3, 0.4) is 0 Å². The predicted octanol–water partition coefficient (Wildman–Crippen LogP) is 3.01. The molecule has 4 rings (SSSR count). The monoisotopic (exact) mass is 464 g/mol. The number of ether oxygens (including phenoxy) is 3. The highest BCUT2D eigenvalue weighted by atomic mass is 16.6. The Labute approximate surface area is 201 Å². The number of benzene rings is 2. The summed E-state index contributed by atoms with van der Waals surface area (Å²) >= 11 is 0. The summed E-state index contributed by atoms with van der Waals surface area (Å²) in [6.45, 7) is 6.71. The van der Waals surface area contributed by atoms with Gasteiger partial charge in [-0.25, -0.2) is 0 Å². The zero-order chi connectivity index (χ0) is 23.6. The molecular formula is C26H32N4O4. The maximum absolute atomic E-state index is 11.5. The zero-order valence-electron chi connectivity index (χ0n) is 19.6. The van der Waals surface area contributed by atoms with Crippen LogP contribution in [0, 0.1) is 0 Å². The molecule has 0 aliphatic carbocycles. The second-order valence-corrected chi connectivity index (χ2v) is 8.24. The molecule has 180 valence electrons. The van der Waals surface area contributed by atoms with Gasteiger partial charge in [0.2, 0.25) is 5.91 Å². The first-order chi connectivity index (χ1) is 16.7. The number of carbonyl (C=O) groups is 1. The van der Waals surface area contributed by atoms with Crippen molar-refractivity contribution in [3.8, 4) is 11.5 Å². The minimum absolute atomic E-state index is 0.140. The van der Waals surface area contributed by atoms with E-state index in [2.05, 4.69) is 22.0 Å². The van der Waals surface area contributed by atoms with Crippen molar-refractivity contribution in [2.24, 2.45) is 4.99 Å². The lowest BCUT2D eigenvalue weighted by Gasteiger charge is -2.35. The van der Waals surface area contributed by atoms with Crippen LogP contribution in [0.5, 0.6) is 11.5 Å². The fourth-order valence-corrected chi connectivity index (χ4v) is 3.78. The van der Waals surface area contributed by atoms with E-state index in [1.807, 2.05) is 64.7 Å². The highest BCUT2D eigenvalue weighted by Gasteiger charge is 2.19. The zero-order valence-corrected chi connectivity index (χ0v) is 19.6. The lowest BCUT2D eigenvalue weighted by atomic mass is 10.2. The van der Waals surface area contributed by atoms with Crippen LogP contribution in [0.4, 0.5) is 5.69 Å². The predicted molar refractivity (Wildman–Crippen MR) is 132 cm³/mol. The summed E-state index contributed by atoms with van der Waals surface area (Å²) < 4.78 is 18.1. The van der Waals surface area contributed by atoms with Gasteiger partial charge < -0.3 is 28.9 Å². The second kappa shape index (κ2) is 12.1. The summed E-state index contributed by atoms with van der Waals surface area (Å²) in [4.78, 5) is 21.8. The first-order valence-electron chi connectivity index (χ1n) is 11.6. The molecule has 0 aromatic heterocycles. The van der Waals surface area contributed by atoms with Gasteiger partial charge in [0.25, 0.3) is 0 Å². The van der Waals surface area contributed by atoms with Crippen molar-refractivity contribution in [3.05, 3.63) is 67.0 Å². The van der Waals surface area contributed by atoms with Gasteiger partial charge in [-0.2, -0.15) is 0 Å². The van der Waals surface area contributed by atoms with Crippen LogP contribution in [0.15, 0.2) is 72.0 Å². The number of nitrogens with zero attached hydrogens (tertiary/aromatic N) is 4. The molecule has 2 aromatic carbocycles. The molecule has 1 saturated heterocycles. The Morgan fingerprint density at radius 3 is 2.24 bits per heavy atom. The minimum Gasteiger partial charge on any atom is -0.491 e. The van der Waals surface area contributed by atoms with Crippen LogP contribution in [-0.4, -0.2) is 80.7 Å². The van der Waals surface area contributed by atoms with E-state index in [1.165, 1.54) is 0 Å². The number of hydrogen-bond acceptors (Lipinski definition) is 7. The number of amides is 1. The molecule has 8 nitrogen and oxygen atoms in total. The van der Waals surface area contributed by atoms with E-state index < -0.39 is 0 Å². The average molecular weight is 465 g/mol. The highest BCUT2D eigenvalue weighted by molar-refractivity contribution is 5.73. The van der Waals surface area contributed by atoms with E-state index in [-0.39, 0.29) is 12.0 Å². The summed E-state index contributed by atoms with van der Waals surface area (Å²) in [6.07, 6.45) is 5.26. The molecule has 0 N–H and O–H groups in total. The van der Waals surface area contributed by atoms with Crippen LogP contribution in [0.1, 0.15) is 6.92 Å². The van der Waals surface area contributed by atoms with Gasteiger partial charge in [0.1, 0.15) is 37.5 Å². The van der Waals surface area contributed by atoms with Gasteiger partial charge in [0.05, 0.1) is 6.54 Å². The number of carbonyl (C=O) groups excluding carboxylic acids is 1. The summed E-state index contributed by atoms with van der Waals surface area (Å²) in [7, 11) is 0. The van der Waals surface area contributed by atoms with Gasteiger partial charge in [-0.1, -0.05) is 18.2 Å². The third-order valence-electron chi connectivity index (χ3n) is 5.80. The Hall–Kier alpha value is -3.52. The fraction of sp³-hybridized carbons (Fsp3) is 0.385. The quantitative estimate of drug-likeness (QED) is 0.539. The molecule has 0 saturated carbocycles. The van der Waals surface area contributed by atoms with Gasteiger partial charge in [-0.15, -0.1) is 0 Å². The third kappa shape index (κ3) is 6.99. The number of piperazine rings is 1. The van der Waals surface area contributed by atoms with E-state index in [4.69, 9.17) is 14.2 Å². The van der Waals surface area contributed by atoms with Gasteiger partial charge in [-0.05, 0) is 36.4 Å². The van der Waals surface area contributed by atoms with Crippen molar-refractivity contribution in [1.82, 2.24) is 9.80 Å². The Bertz CT molecular complexity index is 957. The average Bonchev–Trinajstić information content (AvgIpc) is 2.90. The van der Waals surface area contributed by atoms with Gasteiger partial charge in [0.15, 0.2) is 0 Å². The molecule has 2 aliphatic rings. The lowest BCUT2D eigenvalue weighted by Crippen LogP contribution is -2.48. The van der Waals surface area contributed by atoms with Crippen molar-refractivity contribution < 1.29 is 19.0 Å². The van der Waals surface area contributed by atoms with E-state index in [0.717, 1.165) is 43.4 Å². The van der Waals surface area contributed by atoms with Crippen LogP contribution in [0.25, 0.3) is 0 Å². The number of anilines is 1. The van der Waals surface area contributed by atoms with E-state index in [9.17, 15) is 4.79 Å². The fourth-order valence-electron chi connectivity index (χ4n) is 3.78. The molecular weight excluding hydrogens is 432 g/mol. The van der Waals surface area contributed by atoms with Gasteiger partial charge in [-0.3, -0.25) is 9.79 Å². The van der Waals surface area contributed by atoms with Crippen LogP contribution in [0.2, 0.25) is 0 Å². The van der Waals surface area contributed by atoms with Crippen molar-refractivity contribution >= 4 is 17.8 Å². The maximum atomic E-state index is 11.5. The highest BCUT2D eigenvalue weighted by Crippen LogP contribution is 2.21. The normalized spacial score (nSPS) is 16.4. The molecule has 0 radical (unpaired) electrons. The number of hydrogen-bond donors (Lipinski definition) is 0. The molecule has 1 fully saturated rings. The SMILES string of the molecule is CC(=O)N1CCN(c2ccc(OCC(COc3ccccc3)OCN3C=CN=CC3)cc2)CC1. The van der Waals surface area contributed by atoms with Crippen molar-refractivity contribution in [3.63, 3.8) is 0 Å². The standard InChI is InChI=1S/C26H32N4O4/c1-22(31)29-15-17-30(18-16-29)23-7-9-25(10-8-23)33-20-26(19-32-24-5-3-2-4-6-24)34-21-28-13-11-27-12-14-28/h2-13,26H,14-21H2,1H3. The number of rotatable bonds is 10. The molecule has 8 heteroatoms. The first-order valence-corrected chi connectivity index (χ1v) is 11.6. The Balaban J connectivity index is 1.29. The first kappa shape index (κ1) is 23.6. The van der Waals surface area contributed by atoms with E-state index in [0.29, 0.717) is 26.5 Å². The maximum Gasteiger partial charge on any atom is 0.219 e. The Kier molecular flexibility index (Phi) is 8.40. The molecule has 0 bridgehead atoms. The topological polar surface area (TPSA) is 66.8 Å². The molecule has 2 aromatic rings. The summed E-state index contributed by atoms with van der Waals surface area (Å²) in [5.41, 5.74) is 1.13.